The molecule has 2 aliphatic rings. The second kappa shape index (κ2) is 13.4. The number of fused-ring (bicyclic) bond motifs is 1. The summed E-state index contributed by atoms with van der Waals surface area (Å²) in [5.74, 6) is 1.86. The molecule has 2 aromatic rings. The van der Waals surface area contributed by atoms with Gasteiger partial charge in [0.25, 0.3) is 0 Å². The molecule has 0 saturated carbocycles. The summed E-state index contributed by atoms with van der Waals surface area (Å²) < 4.78 is 10.9. The van der Waals surface area contributed by atoms with Gasteiger partial charge < -0.3 is 19.8 Å². The van der Waals surface area contributed by atoms with E-state index in [-0.39, 0.29) is 24.0 Å². The Morgan fingerprint density at radius 2 is 1.94 bits per heavy atom. The number of nitrogens with one attached hydrogen (secondary N) is 2. The molecule has 0 unspecified atom stereocenters. The van der Waals surface area contributed by atoms with Crippen LogP contribution < -0.4 is 10.6 Å². The highest BCUT2D eigenvalue weighted by molar-refractivity contribution is 14.0. The van der Waals surface area contributed by atoms with E-state index in [4.69, 9.17) is 19.1 Å². The summed E-state index contributed by atoms with van der Waals surface area (Å²) in [5.41, 5.74) is 1.34. The molecule has 1 aliphatic carbocycles. The monoisotopic (exact) mass is 559 g/mol. The fourth-order valence-corrected chi connectivity index (χ4v) is 5.02. The molecule has 2 aromatic heterocycles. The highest BCUT2D eigenvalue weighted by Crippen LogP contribution is 2.26. The summed E-state index contributed by atoms with van der Waals surface area (Å²) in [6, 6.07) is 3.94. The Labute approximate surface area is 206 Å². The summed E-state index contributed by atoms with van der Waals surface area (Å²) >= 11 is 1.90. The normalized spacial score (nSPS) is 17.1. The Balaban J connectivity index is 0.00000272. The number of hydrogen-bond donors (Lipinski definition) is 2. The van der Waals surface area contributed by atoms with E-state index in [1.54, 1.807) is 6.26 Å². The van der Waals surface area contributed by atoms with Gasteiger partial charge in [-0.25, -0.2) is 4.98 Å². The van der Waals surface area contributed by atoms with Crippen LogP contribution in [0.15, 0.2) is 27.8 Å². The van der Waals surface area contributed by atoms with Crippen molar-refractivity contribution in [3.05, 3.63) is 39.7 Å². The molecule has 0 spiro atoms. The Bertz CT molecular complexity index is 766. The quantitative estimate of drug-likeness (QED) is 0.280. The van der Waals surface area contributed by atoms with Crippen molar-refractivity contribution in [3.63, 3.8) is 0 Å². The van der Waals surface area contributed by atoms with Gasteiger partial charge in [0.05, 0.1) is 36.7 Å². The van der Waals surface area contributed by atoms with E-state index in [0.29, 0.717) is 0 Å². The van der Waals surface area contributed by atoms with Crippen LogP contribution in [0.5, 0.6) is 0 Å². The van der Waals surface area contributed by atoms with Crippen LogP contribution in [-0.2, 0) is 30.4 Å². The van der Waals surface area contributed by atoms with Gasteiger partial charge in [-0.15, -0.1) is 35.3 Å². The van der Waals surface area contributed by atoms with Gasteiger partial charge in [0.2, 0.25) is 0 Å². The Hall–Kier alpha value is -1.17. The SMILES string of the molecule is I.c1coc(CCNC(=NCCN2CCOCC2)NCCc2nc3c(s2)CCCC3)c1. The number of ether oxygens (including phenoxy) is 1. The predicted octanol–water partition coefficient (Wildman–Crippen LogP) is 2.89. The maximum Gasteiger partial charge on any atom is 0.191 e. The number of guanidine groups is 1. The number of aromatic nitrogens is 1. The first kappa shape index (κ1) is 24.5. The van der Waals surface area contributed by atoms with Gasteiger partial charge in [0, 0.05) is 50.4 Å². The molecular weight excluding hydrogens is 525 g/mol. The van der Waals surface area contributed by atoms with Crippen molar-refractivity contribution < 1.29 is 9.15 Å². The average molecular weight is 560 g/mol. The predicted molar refractivity (Wildman–Crippen MR) is 136 cm³/mol. The third kappa shape index (κ3) is 8.03. The van der Waals surface area contributed by atoms with Crippen LogP contribution in [0.2, 0.25) is 0 Å². The largest absolute Gasteiger partial charge is 0.469 e. The van der Waals surface area contributed by atoms with Crippen LogP contribution in [0.3, 0.4) is 0 Å². The van der Waals surface area contributed by atoms with Gasteiger partial charge in [0.1, 0.15) is 5.76 Å². The van der Waals surface area contributed by atoms with Gasteiger partial charge in [-0.1, -0.05) is 0 Å². The smallest absolute Gasteiger partial charge is 0.191 e. The lowest BCUT2D eigenvalue weighted by Gasteiger charge is -2.25. The van der Waals surface area contributed by atoms with Gasteiger partial charge >= 0.3 is 0 Å². The second-order valence-corrected chi connectivity index (χ2v) is 8.97. The summed E-state index contributed by atoms with van der Waals surface area (Å²) in [4.78, 5) is 13.6. The molecular formula is C22H34IN5O2S. The summed E-state index contributed by atoms with van der Waals surface area (Å²) in [6.45, 7) is 7.04. The van der Waals surface area contributed by atoms with Crippen LogP contribution in [-0.4, -0.2) is 68.3 Å². The Kier molecular flexibility index (Phi) is 10.6. The van der Waals surface area contributed by atoms with Crippen LogP contribution in [0.25, 0.3) is 0 Å². The third-order valence-electron chi connectivity index (χ3n) is 5.56. The van der Waals surface area contributed by atoms with Crippen LogP contribution in [0, 0.1) is 0 Å². The first-order valence-electron chi connectivity index (χ1n) is 11.2. The Morgan fingerprint density at radius 1 is 1.13 bits per heavy atom. The zero-order chi connectivity index (χ0) is 20.4. The topological polar surface area (TPSA) is 74.9 Å². The number of thiazole rings is 1. The first-order chi connectivity index (χ1) is 14.9. The lowest BCUT2D eigenvalue weighted by molar-refractivity contribution is 0.0394. The number of halogens is 1. The number of morpholine rings is 1. The van der Waals surface area contributed by atoms with Gasteiger partial charge in [-0.05, 0) is 37.8 Å². The third-order valence-corrected chi connectivity index (χ3v) is 6.77. The fraction of sp³-hybridized carbons (Fsp3) is 0.636. The van der Waals surface area contributed by atoms with Gasteiger partial charge in [-0.2, -0.15) is 0 Å². The van der Waals surface area contributed by atoms with E-state index in [2.05, 4.69) is 15.5 Å². The standard InChI is InChI=1S/C22H33N5O2S.HI/c1-2-6-20-19(5-1)26-21(30-20)8-10-24-22(23-9-7-18-4-3-15-29-18)25-11-12-27-13-16-28-17-14-27;/h3-4,15H,1-2,5-14,16-17H2,(H2,23,24,25);1H. The minimum absolute atomic E-state index is 0. The van der Waals surface area contributed by atoms with Crippen molar-refractivity contribution in [2.75, 3.05) is 52.5 Å². The number of furan rings is 1. The molecule has 4 rings (SSSR count). The van der Waals surface area contributed by atoms with Gasteiger partial charge in [-0.3, -0.25) is 9.89 Å². The van der Waals surface area contributed by atoms with Crippen LogP contribution in [0.4, 0.5) is 0 Å². The Morgan fingerprint density at radius 3 is 2.71 bits per heavy atom. The van der Waals surface area contributed by atoms with Crippen molar-refractivity contribution >= 4 is 41.3 Å². The van der Waals surface area contributed by atoms with Crippen molar-refractivity contribution in [3.8, 4) is 0 Å². The summed E-state index contributed by atoms with van der Waals surface area (Å²) in [6.07, 6.45) is 8.47. The summed E-state index contributed by atoms with van der Waals surface area (Å²) in [7, 11) is 0. The minimum Gasteiger partial charge on any atom is -0.469 e. The molecule has 1 saturated heterocycles. The molecule has 2 N–H and O–H groups in total. The fourth-order valence-electron chi connectivity index (χ4n) is 3.86. The maximum atomic E-state index is 5.43. The second-order valence-electron chi connectivity index (χ2n) is 7.80. The van der Waals surface area contributed by atoms with Crippen molar-refractivity contribution in [1.29, 1.82) is 0 Å². The zero-order valence-electron chi connectivity index (χ0n) is 18.1. The molecule has 0 atom stereocenters. The van der Waals surface area contributed by atoms with Crippen LogP contribution in [0.1, 0.15) is 34.2 Å². The number of aryl methyl sites for hydroxylation is 2. The highest BCUT2D eigenvalue weighted by Gasteiger charge is 2.15. The molecule has 0 amide bonds. The molecule has 0 aromatic carbocycles. The number of hydrogen-bond acceptors (Lipinski definition) is 6. The van der Waals surface area contributed by atoms with Crippen molar-refractivity contribution in [2.45, 2.75) is 38.5 Å². The zero-order valence-corrected chi connectivity index (χ0v) is 21.3. The number of aliphatic imine (C=N–C) groups is 1. The van der Waals surface area contributed by atoms with E-state index in [1.807, 2.05) is 23.5 Å². The minimum atomic E-state index is 0. The molecule has 9 heteroatoms. The van der Waals surface area contributed by atoms with Crippen molar-refractivity contribution in [2.24, 2.45) is 4.99 Å². The van der Waals surface area contributed by atoms with Gasteiger partial charge in [0.15, 0.2) is 5.96 Å². The van der Waals surface area contributed by atoms with E-state index in [1.165, 1.54) is 34.8 Å². The van der Waals surface area contributed by atoms with E-state index < -0.39 is 0 Å². The molecule has 0 radical (unpaired) electrons. The molecule has 172 valence electrons. The van der Waals surface area contributed by atoms with Crippen LogP contribution >= 0.6 is 35.3 Å². The average Bonchev–Trinajstić information content (AvgIpc) is 3.43. The van der Waals surface area contributed by atoms with E-state index >= 15 is 0 Å². The lowest BCUT2D eigenvalue weighted by atomic mass is 10.0. The summed E-state index contributed by atoms with van der Waals surface area (Å²) in [5, 5.41) is 8.20. The molecule has 3 heterocycles. The number of nitrogens with zero attached hydrogens (tertiary/aromatic N) is 3. The molecule has 1 fully saturated rings. The molecule has 0 bridgehead atoms. The first-order valence-corrected chi connectivity index (χ1v) is 12.0. The van der Waals surface area contributed by atoms with E-state index in [0.717, 1.165) is 83.5 Å². The molecule has 7 nitrogen and oxygen atoms in total. The van der Waals surface area contributed by atoms with E-state index in [9.17, 15) is 0 Å². The molecule has 31 heavy (non-hydrogen) atoms. The van der Waals surface area contributed by atoms with Crippen molar-refractivity contribution in [1.82, 2.24) is 20.5 Å². The maximum absolute atomic E-state index is 5.43. The molecule has 1 aliphatic heterocycles. The number of rotatable bonds is 9. The highest BCUT2D eigenvalue weighted by atomic mass is 127. The lowest BCUT2D eigenvalue weighted by Crippen LogP contribution is -2.41.